The summed E-state index contributed by atoms with van der Waals surface area (Å²) in [5.41, 5.74) is -9.67. The molecule has 186 valence electrons. The first-order valence-corrected chi connectivity index (χ1v) is 9.60. The summed E-state index contributed by atoms with van der Waals surface area (Å²) in [5, 5.41) is 13.1. The zero-order valence-electron chi connectivity index (χ0n) is 17.1. The summed E-state index contributed by atoms with van der Waals surface area (Å²) < 4.78 is 90.6. The molecule has 0 heterocycles. The third-order valence-electron chi connectivity index (χ3n) is 4.07. The highest BCUT2D eigenvalue weighted by Gasteiger charge is 2.64. The molecule has 0 spiro atoms. The molecule has 0 saturated heterocycles. The molecule has 0 aliphatic heterocycles. The van der Waals surface area contributed by atoms with Crippen LogP contribution >= 0.6 is 11.6 Å². The average Bonchev–Trinajstić information content (AvgIpc) is 2.71. The molecule has 0 bridgehead atoms. The third kappa shape index (κ3) is 5.79. The second-order valence-corrected chi connectivity index (χ2v) is 6.55. The molecule has 3 N–H and O–H groups in total. The van der Waals surface area contributed by atoms with E-state index in [4.69, 9.17) is 11.6 Å². The van der Waals surface area contributed by atoms with Gasteiger partial charge in [-0.1, -0.05) is 12.1 Å². The summed E-state index contributed by atoms with van der Waals surface area (Å²) in [6.07, 6.45) is -11.0. The minimum absolute atomic E-state index is 0.488. The number of carbonyl (C=O) groups excluding carboxylic acids is 3. The van der Waals surface area contributed by atoms with Gasteiger partial charge in [-0.2, -0.15) is 26.3 Å². The van der Waals surface area contributed by atoms with Gasteiger partial charge >= 0.3 is 30.0 Å². The van der Waals surface area contributed by atoms with Crippen LogP contribution in [0, 0.1) is 0 Å². The van der Waals surface area contributed by atoms with Crippen molar-refractivity contribution in [3.8, 4) is 0 Å². The Morgan fingerprint density at radius 2 is 1.39 bits per heavy atom. The second kappa shape index (κ2) is 10.5. The Hall–Kier alpha value is -2.74. The van der Waals surface area contributed by atoms with Crippen molar-refractivity contribution in [3.05, 3.63) is 29.8 Å². The molecule has 1 amide bonds. The molecule has 8 nitrogen and oxygen atoms in total. The molecule has 0 aromatic heterocycles. The molecule has 0 aliphatic rings. The van der Waals surface area contributed by atoms with E-state index in [1.165, 1.54) is 19.2 Å². The lowest BCUT2D eigenvalue weighted by atomic mass is 9.92. The summed E-state index contributed by atoms with van der Waals surface area (Å²) in [4.78, 5) is 35.6. The van der Waals surface area contributed by atoms with Crippen LogP contribution in [-0.2, 0) is 29.5 Å². The summed E-state index contributed by atoms with van der Waals surface area (Å²) in [6, 6.07) is 2.19. The van der Waals surface area contributed by atoms with Crippen LogP contribution in [0.5, 0.6) is 0 Å². The maximum Gasteiger partial charge on any atom is 0.441 e. The molecular formula is C18H19ClF6N2O6. The van der Waals surface area contributed by atoms with Gasteiger partial charge in [0.2, 0.25) is 5.91 Å². The Morgan fingerprint density at radius 3 is 1.79 bits per heavy atom. The predicted molar refractivity (Wildman–Crippen MR) is 101 cm³/mol. The van der Waals surface area contributed by atoms with Gasteiger partial charge in [0, 0.05) is 11.3 Å². The summed E-state index contributed by atoms with van der Waals surface area (Å²) >= 11 is 5.22. The number of hydrogen-bond acceptors (Lipinski definition) is 7. The highest BCUT2D eigenvalue weighted by molar-refractivity contribution is 6.27. The Morgan fingerprint density at radius 1 is 0.909 bits per heavy atom. The largest absolute Gasteiger partial charge is 0.463 e. The number of alkyl halides is 7. The first kappa shape index (κ1) is 28.3. The maximum absolute atomic E-state index is 13.9. The monoisotopic (exact) mass is 508 g/mol. The molecule has 0 saturated carbocycles. The van der Waals surface area contributed by atoms with E-state index < -0.39 is 71.8 Å². The standard InChI is InChI=1S/C18H19ClF6N2O6/c1-3-32-13(29)15(31,17(20,21)22)10-5-7-11(8-6-10)26-16(18(23,24)25,14(30)33-4-2)27-12(28)9-19/h5-8,26,31H,3-4,9H2,1-2H3,(H,27,28)/t15-,16+/m0/s1. The van der Waals surface area contributed by atoms with E-state index in [1.807, 2.05) is 0 Å². The molecular weight excluding hydrogens is 490 g/mol. The molecule has 1 aromatic carbocycles. The first-order chi connectivity index (χ1) is 15.1. The van der Waals surface area contributed by atoms with E-state index >= 15 is 0 Å². The number of benzene rings is 1. The highest BCUT2D eigenvalue weighted by Crippen LogP contribution is 2.41. The van der Waals surface area contributed by atoms with Crippen molar-refractivity contribution in [1.82, 2.24) is 5.32 Å². The van der Waals surface area contributed by atoms with Gasteiger partial charge in [0.1, 0.15) is 5.88 Å². The van der Waals surface area contributed by atoms with Gasteiger partial charge in [-0.25, -0.2) is 9.59 Å². The van der Waals surface area contributed by atoms with Crippen LogP contribution in [0.15, 0.2) is 24.3 Å². The van der Waals surface area contributed by atoms with Gasteiger partial charge in [0.15, 0.2) is 0 Å². The van der Waals surface area contributed by atoms with E-state index in [0.717, 1.165) is 0 Å². The van der Waals surface area contributed by atoms with Crippen LogP contribution in [0.25, 0.3) is 0 Å². The van der Waals surface area contributed by atoms with Crippen molar-refractivity contribution in [2.75, 3.05) is 24.4 Å². The lowest BCUT2D eigenvalue weighted by molar-refractivity contribution is -0.267. The summed E-state index contributed by atoms with van der Waals surface area (Å²) in [7, 11) is 0. The van der Waals surface area contributed by atoms with E-state index in [1.54, 1.807) is 5.32 Å². The van der Waals surface area contributed by atoms with E-state index in [9.17, 15) is 45.8 Å². The van der Waals surface area contributed by atoms with Crippen molar-refractivity contribution in [2.45, 2.75) is 37.5 Å². The maximum atomic E-state index is 13.9. The molecule has 2 atom stereocenters. The zero-order chi connectivity index (χ0) is 25.7. The fourth-order valence-electron chi connectivity index (χ4n) is 2.52. The molecule has 0 fully saturated rings. The molecule has 0 radical (unpaired) electrons. The van der Waals surface area contributed by atoms with Crippen LogP contribution in [0.2, 0.25) is 0 Å². The summed E-state index contributed by atoms with van der Waals surface area (Å²) in [5.74, 6) is -6.40. The minimum Gasteiger partial charge on any atom is -0.463 e. The number of rotatable bonds is 9. The highest BCUT2D eigenvalue weighted by atomic mass is 35.5. The number of aliphatic hydroxyl groups is 1. The zero-order valence-corrected chi connectivity index (χ0v) is 17.8. The van der Waals surface area contributed by atoms with Crippen LogP contribution < -0.4 is 10.6 Å². The number of ether oxygens (including phenoxy) is 2. The molecule has 1 aromatic rings. The number of anilines is 1. The van der Waals surface area contributed by atoms with E-state index in [0.29, 0.717) is 24.3 Å². The van der Waals surface area contributed by atoms with Crippen LogP contribution in [0.3, 0.4) is 0 Å². The molecule has 33 heavy (non-hydrogen) atoms. The van der Waals surface area contributed by atoms with Crippen molar-refractivity contribution in [1.29, 1.82) is 0 Å². The Kier molecular flexibility index (Phi) is 8.97. The van der Waals surface area contributed by atoms with Gasteiger partial charge in [-0.15, -0.1) is 11.6 Å². The lowest BCUT2D eigenvalue weighted by Gasteiger charge is -2.35. The number of carbonyl (C=O) groups is 3. The SMILES string of the molecule is CCOC(=O)[C@](NC(=O)CCl)(Nc1ccc([C@](O)(C(=O)OCC)C(F)(F)F)cc1)C(F)(F)F. The Bertz CT molecular complexity index is 863. The van der Waals surface area contributed by atoms with Crippen LogP contribution in [0.1, 0.15) is 19.4 Å². The predicted octanol–water partition coefficient (Wildman–Crippen LogP) is 2.59. The first-order valence-electron chi connectivity index (χ1n) is 9.06. The topological polar surface area (TPSA) is 114 Å². The van der Waals surface area contributed by atoms with E-state index in [-0.39, 0.29) is 0 Å². The van der Waals surface area contributed by atoms with Gasteiger partial charge < -0.3 is 25.2 Å². The number of hydrogen-bond donors (Lipinski definition) is 3. The van der Waals surface area contributed by atoms with Gasteiger partial charge in [0.25, 0.3) is 5.60 Å². The van der Waals surface area contributed by atoms with Gasteiger partial charge in [-0.3, -0.25) is 4.79 Å². The lowest BCUT2D eigenvalue weighted by Crippen LogP contribution is -2.69. The van der Waals surface area contributed by atoms with Crippen molar-refractivity contribution >= 4 is 35.1 Å². The molecule has 0 aliphatic carbocycles. The normalized spacial score (nSPS) is 15.6. The fourth-order valence-corrected chi connectivity index (χ4v) is 2.58. The van der Waals surface area contributed by atoms with Crippen molar-refractivity contribution in [3.63, 3.8) is 0 Å². The fraction of sp³-hybridized carbons (Fsp3) is 0.500. The minimum atomic E-state index is -5.54. The third-order valence-corrected chi connectivity index (χ3v) is 4.31. The number of amides is 1. The Balaban J connectivity index is 3.51. The van der Waals surface area contributed by atoms with Crippen molar-refractivity contribution < 1.29 is 55.3 Å². The van der Waals surface area contributed by atoms with Crippen LogP contribution in [0.4, 0.5) is 32.0 Å². The Labute approximate surface area is 188 Å². The van der Waals surface area contributed by atoms with Gasteiger partial charge in [-0.05, 0) is 26.0 Å². The summed E-state index contributed by atoms with van der Waals surface area (Å²) in [6.45, 7) is 1.39. The van der Waals surface area contributed by atoms with E-state index in [2.05, 4.69) is 9.47 Å². The number of esters is 2. The van der Waals surface area contributed by atoms with Crippen molar-refractivity contribution in [2.24, 2.45) is 0 Å². The van der Waals surface area contributed by atoms with Crippen LogP contribution in [-0.4, -0.2) is 60.1 Å². The average molecular weight is 509 g/mol. The number of nitrogens with one attached hydrogen (secondary N) is 2. The quantitative estimate of drug-likeness (QED) is 0.203. The molecule has 15 heteroatoms. The second-order valence-electron chi connectivity index (χ2n) is 6.28. The smallest absolute Gasteiger partial charge is 0.441 e. The molecule has 0 unspecified atom stereocenters. The number of halogens is 7. The van der Waals surface area contributed by atoms with Gasteiger partial charge in [0.05, 0.1) is 13.2 Å². The molecule has 1 rings (SSSR count).